The highest BCUT2D eigenvalue weighted by Crippen LogP contribution is 1.99. The van der Waals surface area contributed by atoms with E-state index in [1.165, 1.54) is 0 Å². The van der Waals surface area contributed by atoms with E-state index in [4.69, 9.17) is 4.74 Å². The molecule has 1 saturated heterocycles. The van der Waals surface area contributed by atoms with Crippen molar-refractivity contribution in [3.8, 4) is 0 Å². The van der Waals surface area contributed by atoms with E-state index in [9.17, 15) is 4.79 Å². The first-order valence-electron chi connectivity index (χ1n) is 4.98. The maximum absolute atomic E-state index is 11.5. The van der Waals surface area contributed by atoms with Crippen LogP contribution in [0.1, 0.15) is 13.8 Å². The Balaban J connectivity index is 2.26. The van der Waals surface area contributed by atoms with Crippen LogP contribution < -0.4 is 5.32 Å². The first-order valence-corrected chi connectivity index (χ1v) is 4.98. The molecule has 0 unspecified atom stereocenters. The second kappa shape index (κ2) is 5.65. The van der Waals surface area contributed by atoms with E-state index in [1.807, 2.05) is 19.9 Å². The summed E-state index contributed by atoms with van der Waals surface area (Å²) in [6.45, 7) is 7.50. The Kier molecular flexibility index (Phi) is 4.46. The largest absolute Gasteiger partial charge is 0.445 e. The lowest BCUT2D eigenvalue weighted by molar-refractivity contribution is 0.105. The first kappa shape index (κ1) is 11.0. The van der Waals surface area contributed by atoms with Crippen LogP contribution in [0.15, 0.2) is 11.6 Å². The van der Waals surface area contributed by atoms with E-state index in [2.05, 4.69) is 5.32 Å². The highest BCUT2D eigenvalue weighted by Gasteiger charge is 2.16. The molecule has 0 saturated carbocycles. The predicted molar refractivity (Wildman–Crippen MR) is 55.2 cm³/mol. The molecule has 4 heteroatoms. The molecule has 1 fully saturated rings. The quantitative estimate of drug-likeness (QED) is 0.673. The maximum atomic E-state index is 11.5. The summed E-state index contributed by atoms with van der Waals surface area (Å²) in [5, 5.41) is 3.18. The Morgan fingerprint density at radius 2 is 2.14 bits per heavy atom. The lowest BCUT2D eigenvalue weighted by Crippen LogP contribution is -2.46. The van der Waals surface area contributed by atoms with Crippen LogP contribution in [0, 0.1) is 0 Å². The summed E-state index contributed by atoms with van der Waals surface area (Å²) in [4.78, 5) is 13.2. The van der Waals surface area contributed by atoms with Crippen LogP contribution in [0.3, 0.4) is 0 Å². The van der Waals surface area contributed by atoms with Gasteiger partial charge in [0.15, 0.2) is 0 Å². The number of amides is 1. The van der Waals surface area contributed by atoms with Crippen molar-refractivity contribution in [1.29, 1.82) is 0 Å². The van der Waals surface area contributed by atoms with Gasteiger partial charge in [0.05, 0.1) is 0 Å². The molecule has 1 amide bonds. The van der Waals surface area contributed by atoms with Crippen molar-refractivity contribution < 1.29 is 9.53 Å². The van der Waals surface area contributed by atoms with Crippen molar-refractivity contribution in [2.24, 2.45) is 0 Å². The normalized spacial score (nSPS) is 18.1. The molecule has 0 spiro atoms. The van der Waals surface area contributed by atoms with E-state index in [0.717, 1.165) is 31.8 Å². The lowest BCUT2D eigenvalue weighted by atomic mass is 10.3. The van der Waals surface area contributed by atoms with E-state index < -0.39 is 0 Å². The summed E-state index contributed by atoms with van der Waals surface area (Å²) in [5.41, 5.74) is 1.08. The average Bonchev–Trinajstić information content (AvgIpc) is 2.26. The summed E-state index contributed by atoms with van der Waals surface area (Å²) in [5.74, 6) is 0. The summed E-state index contributed by atoms with van der Waals surface area (Å²) in [7, 11) is 0. The van der Waals surface area contributed by atoms with Gasteiger partial charge in [-0.15, -0.1) is 0 Å². The highest BCUT2D eigenvalue weighted by atomic mass is 16.6. The maximum Gasteiger partial charge on any atom is 0.410 e. The molecule has 14 heavy (non-hydrogen) atoms. The summed E-state index contributed by atoms with van der Waals surface area (Å²) in [6.07, 6.45) is 1.75. The molecule has 1 heterocycles. The van der Waals surface area contributed by atoms with Crippen LogP contribution in [-0.4, -0.2) is 43.8 Å². The summed E-state index contributed by atoms with van der Waals surface area (Å²) >= 11 is 0. The zero-order chi connectivity index (χ0) is 10.4. The Labute approximate surface area is 84.9 Å². The van der Waals surface area contributed by atoms with Gasteiger partial charge in [-0.1, -0.05) is 6.08 Å². The van der Waals surface area contributed by atoms with Crippen LogP contribution in [0.2, 0.25) is 0 Å². The molecular weight excluding hydrogens is 180 g/mol. The molecule has 0 aromatic heterocycles. The van der Waals surface area contributed by atoms with Crippen molar-refractivity contribution in [2.75, 3.05) is 32.8 Å². The Hall–Kier alpha value is -1.03. The van der Waals surface area contributed by atoms with E-state index in [0.29, 0.717) is 6.61 Å². The molecule has 0 aromatic carbocycles. The van der Waals surface area contributed by atoms with Gasteiger partial charge in [-0.2, -0.15) is 0 Å². The van der Waals surface area contributed by atoms with Crippen LogP contribution in [-0.2, 0) is 4.74 Å². The van der Waals surface area contributed by atoms with Gasteiger partial charge in [-0.05, 0) is 19.4 Å². The molecule has 0 radical (unpaired) electrons. The second-order valence-electron chi connectivity index (χ2n) is 3.43. The topological polar surface area (TPSA) is 41.6 Å². The van der Waals surface area contributed by atoms with Crippen molar-refractivity contribution in [1.82, 2.24) is 10.2 Å². The van der Waals surface area contributed by atoms with Crippen LogP contribution in [0.4, 0.5) is 4.79 Å². The second-order valence-corrected chi connectivity index (χ2v) is 3.43. The standard InChI is InChI=1S/C10H18N2O2/c1-3-9(2)8-14-10(13)12-6-4-11-5-7-12/h3,11H,4-8H2,1-2H3. The van der Waals surface area contributed by atoms with Crippen LogP contribution in [0.5, 0.6) is 0 Å². The van der Waals surface area contributed by atoms with Gasteiger partial charge in [-0.3, -0.25) is 0 Å². The number of hydrogen-bond acceptors (Lipinski definition) is 3. The minimum atomic E-state index is -0.201. The van der Waals surface area contributed by atoms with Gasteiger partial charge >= 0.3 is 6.09 Å². The number of rotatable bonds is 2. The Morgan fingerprint density at radius 3 is 2.71 bits per heavy atom. The average molecular weight is 198 g/mol. The predicted octanol–water partition coefficient (Wildman–Crippen LogP) is 0.994. The van der Waals surface area contributed by atoms with Gasteiger partial charge in [0.25, 0.3) is 0 Å². The number of hydrogen-bond donors (Lipinski definition) is 1. The molecule has 1 aliphatic heterocycles. The first-order chi connectivity index (χ1) is 6.74. The van der Waals surface area contributed by atoms with Crippen molar-refractivity contribution in [3.63, 3.8) is 0 Å². The number of piperazine rings is 1. The van der Waals surface area contributed by atoms with Gasteiger partial charge in [0.1, 0.15) is 6.61 Å². The molecular formula is C10H18N2O2. The summed E-state index contributed by atoms with van der Waals surface area (Å²) < 4.78 is 5.13. The van der Waals surface area contributed by atoms with Crippen LogP contribution in [0.25, 0.3) is 0 Å². The molecule has 80 valence electrons. The van der Waals surface area contributed by atoms with Gasteiger partial charge in [0.2, 0.25) is 0 Å². The van der Waals surface area contributed by atoms with Crippen LogP contribution >= 0.6 is 0 Å². The fourth-order valence-corrected chi connectivity index (χ4v) is 1.20. The molecule has 0 aromatic rings. The minimum Gasteiger partial charge on any atom is -0.445 e. The molecule has 0 atom stereocenters. The molecule has 1 N–H and O–H groups in total. The number of allylic oxidation sites excluding steroid dienone is 1. The number of carbonyl (C=O) groups excluding carboxylic acids is 1. The fraction of sp³-hybridized carbons (Fsp3) is 0.700. The van der Waals surface area contributed by atoms with E-state index in [-0.39, 0.29) is 6.09 Å². The van der Waals surface area contributed by atoms with Crippen molar-refractivity contribution in [2.45, 2.75) is 13.8 Å². The molecule has 0 aliphatic carbocycles. The monoisotopic (exact) mass is 198 g/mol. The zero-order valence-electron chi connectivity index (χ0n) is 8.88. The molecule has 4 nitrogen and oxygen atoms in total. The van der Waals surface area contributed by atoms with Gasteiger partial charge in [-0.25, -0.2) is 4.79 Å². The number of nitrogens with zero attached hydrogens (tertiary/aromatic N) is 1. The number of nitrogens with one attached hydrogen (secondary N) is 1. The lowest BCUT2D eigenvalue weighted by Gasteiger charge is -2.26. The Bertz CT molecular complexity index is 220. The van der Waals surface area contributed by atoms with Gasteiger partial charge < -0.3 is 15.0 Å². The Morgan fingerprint density at radius 1 is 1.50 bits per heavy atom. The molecule has 1 rings (SSSR count). The third-order valence-corrected chi connectivity index (χ3v) is 2.29. The van der Waals surface area contributed by atoms with Crippen molar-refractivity contribution >= 4 is 6.09 Å². The van der Waals surface area contributed by atoms with E-state index in [1.54, 1.807) is 4.90 Å². The van der Waals surface area contributed by atoms with E-state index >= 15 is 0 Å². The number of carbonyl (C=O) groups is 1. The summed E-state index contributed by atoms with van der Waals surface area (Å²) in [6, 6.07) is 0. The van der Waals surface area contributed by atoms with Crippen molar-refractivity contribution in [3.05, 3.63) is 11.6 Å². The van der Waals surface area contributed by atoms with Gasteiger partial charge in [0, 0.05) is 26.2 Å². The third kappa shape index (κ3) is 3.38. The number of ether oxygens (including phenoxy) is 1. The molecule has 0 bridgehead atoms. The zero-order valence-corrected chi connectivity index (χ0v) is 8.88. The smallest absolute Gasteiger partial charge is 0.410 e. The third-order valence-electron chi connectivity index (χ3n) is 2.29. The molecule has 1 aliphatic rings. The minimum absolute atomic E-state index is 0.201. The fourth-order valence-electron chi connectivity index (χ4n) is 1.20. The highest BCUT2D eigenvalue weighted by molar-refractivity contribution is 5.67. The SMILES string of the molecule is CC=C(C)COC(=O)N1CCNCC1.